The van der Waals surface area contributed by atoms with E-state index >= 15 is 0 Å². The third-order valence-electron chi connectivity index (χ3n) is 16.9. The third kappa shape index (κ3) is 63.5. The zero-order valence-electron chi connectivity index (χ0n) is 58.3. The van der Waals surface area contributed by atoms with Crippen LogP contribution in [0, 0.1) is 5.92 Å². The molecule has 6 atom stereocenters. The maximum atomic E-state index is 13.0. The molecule has 0 spiro atoms. The molecule has 19 heteroatoms. The van der Waals surface area contributed by atoms with E-state index < -0.39 is 97.5 Å². The van der Waals surface area contributed by atoms with Gasteiger partial charge in [0.15, 0.2) is 12.2 Å². The molecule has 0 aromatic rings. The zero-order chi connectivity index (χ0) is 66.3. The van der Waals surface area contributed by atoms with Crippen molar-refractivity contribution in [3.05, 3.63) is 0 Å². The Hall–Kier alpha value is -1.94. The second kappa shape index (κ2) is 64.4. The molecular formula is C71H138O17P2. The molecule has 3 unspecified atom stereocenters. The van der Waals surface area contributed by atoms with Gasteiger partial charge in [-0.25, -0.2) is 9.13 Å². The molecule has 90 heavy (non-hydrogen) atoms. The number of unbranched alkanes of at least 4 members (excludes halogenated alkanes) is 42. The summed E-state index contributed by atoms with van der Waals surface area (Å²) in [5, 5.41) is 10.6. The largest absolute Gasteiger partial charge is 0.472 e. The van der Waals surface area contributed by atoms with Crippen LogP contribution in [0.15, 0.2) is 0 Å². The van der Waals surface area contributed by atoms with Crippen LogP contribution in [-0.2, 0) is 65.4 Å². The van der Waals surface area contributed by atoms with Crippen molar-refractivity contribution in [2.75, 3.05) is 39.6 Å². The van der Waals surface area contributed by atoms with Crippen molar-refractivity contribution >= 4 is 39.5 Å². The Morgan fingerprint density at radius 3 is 0.789 bits per heavy atom. The molecule has 0 saturated heterocycles. The van der Waals surface area contributed by atoms with Gasteiger partial charge in [-0.3, -0.25) is 37.3 Å². The summed E-state index contributed by atoms with van der Waals surface area (Å²) >= 11 is 0. The molecule has 0 aliphatic rings. The minimum Gasteiger partial charge on any atom is -0.462 e. The molecule has 3 N–H and O–H groups in total. The maximum Gasteiger partial charge on any atom is 0.472 e. The molecular weight excluding hydrogens is 1190 g/mol. The van der Waals surface area contributed by atoms with Crippen molar-refractivity contribution in [2.24, 2.45) is 5.92 Å². The first-order valence-corrected chi connectivity index (χ1v) is 40.2. The van der Waals surface area contributed by atoms with Crippen LogP contribution in [0.25, 0.3) is 0 Å². The summed E-state index contributed by atoms with van der Waals surface area (Å²) in [6.45, 7) is 7.26. The lowest BCUT2D eigenvalue weighted by Crippen LogP contribution is -2.30. The van der Waals surface area contributed by atoms with Gasteiger partial charge in [-0.05, 0) is 31.6 Å². The molecule has 0 aromatic carbocycles. The van der Waals surface area contributed by atoms with Crippen LogP contribution < -0.4 is 0 Å². The number of carbonyl (C=O) groups is 4. The summed E-state index contributed by atoms with van der Waals surface area (Å²) in [5.41, 5.74) is 0. The standard InChI is InChI=1S/C71H138O17P2/c1-6-10-13-16-19-22-25-26-27-28-29-32-35-42-47-52-57-71(76)88-67(61-82-69(74)55-50-45-40-37-36-38-43-48-53-64(5)9-4)63-86-90(79,80)84-59-65(72)58-83-89(77,78)85-62-66(87-70(75)56-51-46-41-34-31-24-21-18-15-12-8-3)60-81-68(73)54-49-44-39-33-30-23-20-17-14-11-7-2/h64-67,72H,6-63H2,1-5H3,(H,77,78)(H,79,80)/t64?,65-,66+,67+/m0/s1. The average molecular weight is 1330 g/mol. The van der Waals surface area contributed by atoms with E-state index in [1.165, 1.54) is 193 Å². The smallest absolute Gasteiger partial charge is 0.462 e. The van der Waals surface area contributed by atoms with Gasteiger partial charge in [0.25, 0.3) is 0 Å². The first kappa shape index (κ1) is 88.1. The number of ether oxygens (including phenoxy) is 4. The van der Waals surface area contributed by atoms with Gasteiger partial charge in [0.2, 0.25) is 0 Å². The molecule has 0 aromatic heterocycles. The normalized spacial score (nSPS) is 14.4. The van der Waals surface area contributed by atoms with Crippen LogP contribution >= 0.6 is 15.6 Å². The Kier molecular flexibility index (Phi) is 63.0. The number of phosphoric acid groups is 2. The minimum absolute atomic E-state index is 0.107. The summed E-state index contributed by atoms with van der Waals surface area (Å²) in [6, 6.07) is 0. The van der Waals surface area contributed by atoms with Crippen LogP contribution in [0.1, 0.15) is 369 Å². The van der Waals surface area contributed by atoms with Gasteiger partial charge in [-0.1, -0.05) is 317 Å². The van der Waals surface area contributed by atoms with Gasteiger partial charge in [0.1, 0.15) is 19.3 Å². The van der Waals surface area contributed by atoms with Gasteiger partial charge in [0.05, 0.1) is 26.4 Å². The lowest BCUT2D eigenvalue weighted by Gasteiger charge is -2.21. The van der Waals surface area contributed by atoms with E-state index in [2.05, 4.69) is 34.6 Å². The summed E-state index contributed by atoms with van der Waals surface area (Å²) < 4.78 is 68.3. The molecule has 17 nitrogen and oxygen atoms in total. The maximum absolute atomic E-state index is 13.0. The van der Waals surface area contributed by atoms with Gasteiger partial charge in [-0.15, -0.1) is 0 Å². The van der Waals surface area contributed by atoms with E-state index in [-0.39, 0.29) is 25.7 Å². The quantitative estimate of drug-likeness (QED) is 0.0222. The van der Waals surface area contributed by atoms with Gasteiger partial charge < -0.3 is 33.8 Å². The molecule has 0 rings (SSSR count). The molecule has 0 amide bonds. The van der Waals surface area contributed by atoms with Crippen molar-refractivity contribution in [1.29, 1.82) is 0 Å². The average Bonchev–Trinajstić information content (AvgIpc) is 3.73. The van der Waals surface area contributed by atoms with E-state index in [1.54, 1.807) is 0 Å². The minimum atomic E-state index is -4.95. The number of aliphatic hydroxyl groups excluding tert-OH is 1. The van der Waals surface area contributed by atoms with Crippen molar-refractivity contribution in [3.63, 3.8) is 0 Å². The number of hydrogen-bond acceptors (Lipinski definition) is 15. The Balaban J connectivity index is 5.24. The van der Waals surface area contributed by atoms with Gasteiger partial charge in [0, 0.05) is 25.7 Å². The molecule has 0 radical (unpaired) electrons. The number of rotatable bonds is 71. The Morgan fingerprint density at radius 1 is 0.311 bits per heavy atom. The number of aliphatic hydroxyl groups is 1. The fourth-order valence-corrected chi connectivity index (χ4v) is 12.4. The van der Waals surface area contributed by atoms with Crippen molar-refractivity contribution in [2.45, 2.75) is 387 Å². The van der Waals surface area contributed by atoms with Crippen LogP contribution in [0.4, 0.5) is 0 Å². The lowest BCUT2D eigenvalue weighted by molar-refractivity contribution is -0.161. The second-order valence-electron chi connectivity index (χ2n) is 25.9. The predicted molar refractivity (Wildman–Crippen MR) is 363 cm³/mol. The van der Waals surface area contributed by atoms with E-state index in [0.717, 1.165) is 95.8 Å². The van der Waals surface area contributed by atoms with Crippen LogP contribution in [-0.4, -0.2) is 96.7 Å². The zero-order valence-corrected chi connectivity index (χ0v) is 60.1. The fraction of sp³-hybridized carbons (Fsp3) is 0.944. The molecule has 0 heterocycles. The summed E-state index contributed by atoms with van der Waals surface area (Å²) in [4.78, 5) is 72.6. The van der Waals surface area contributed by atoms with Crippen LogP contribution in [0.5, 0.6) is 0 Å². The summed E-state index contributed by atoms with van der Waals surface area (Å²) in [5.74, 6) is -1.34. The molecule has 0 saturated carbocycles. The molecule has 0 aliphatic heterocycles. The number of carbonyl (C=O) groups excluding carboxylic acids is 4. The van der Waals surface area contributed by atoms with E-state index in [0.29, 0.717) is 25.7 Å². The highest BCUT2D eigenvalue weighted by molar-refractivity contribution is 7.47. The Bertz CT molecular complexity index is 1740. The first-order valence-electron chi connectivity index (χ1n) is 37.2. The topological polar surface area (TPSA) is 237 Å². The molecule has 534 valence electrons. The van der Waals surface area contributed by atoms with E-state index in [4.69, 9.17) is 37.0 Å². The molecule has 0 fully saturated rings. The molecule has 0 aliphatic carbocycles. The monoisotopic (exact) mass is 1320 g/mol. The van der Waals surface area contributed by atoms with Crippen LogP contribution in [0.2, 0.25) is 0 Å². The van der Waals surface area contributed by atoms with Gasteiger partial charge in [-0.2, -0.15) is 0 Å². The number of phosphoric ester groups is 2. The predicted octanol–water partition coefficient (Wildman–Crippen LogP) is 20.5. The van der Waals surface area contributed by atoms with Gasteiger partial charge >= 0.3 is 39.5 Å². The Morgan fingerprint density at radius 2 is 0.533 bits per heavy atom. The second-order valence-corrected chi connectivity index (χ2v) is 28.8. The SMILES string of the molecule is CCCCCCCCCCCCCCCCCCC(=O)O[C@H](COC(=O)CCCCCCCCCCC(C)CC)COP(=O)(O)OC[C@@H](O)COP(=O)(O)OC[C@@H](COC(=O)CCCCCCCCCCCCC)OC(=O)CCCCCCCCCCCCC. The highest BCUT2D eigenvalue weighted by Crippen LogP contribution is 2.45. The van der Waals surface area contributed by atoms with E-state index in [1.807, 2.05) is 0 Å². The fourth-order valence-electron chi connectivity index (χ4n) is 10.8. The highest BCUT2D eigenvalue weighted by atomic mass is 31.2. The number of hydrogen-bond donors (Lipinski definition) is 3. The Labute approximate surface area is 549 Å². The van der Waals surface area contributed by atoms with Crippen molar-refractivity contribution in [1.82, 2.24) is 0 Å². The summed E-state index contributed by atoms with van der Waals surface area (Å²) in [6.07, 6.45) is 51.1. The van der Waals surface area contributed by atoms with E-state index in [9.17, 15) is 43.2 Å². The third-order valence-corrected chi connectivity index (χ3v) is 18.8. The van der Waals surface area contributed by atoms with Crippen molar-refractivity contribution in [3.8, 4) is 0 Å². The first-order chi connectivity index (χ1) is 43.6. The van der Waals surface area contributed by atoms with Crippen molar-refractivity contribution < 1.29 is 80.2 Å². The molecule has 0 bridgehead atoms. The summed E-state index contributed by atoms with van der Waals surface area (Å²) in [7, 11) is -9.90. The lowest BCUT2D eigenvalue weighted by atomic mass is 9.99. The van der Waals surface area contributed by atoms with Crippen LogP contribution in [0.3, 0.4) is 0 Å². The highest BCUT2D eigenvalue weighted by Gasteiger charge is 2.30. The number of esters is 4.